The first-order chi connectivity index (χ1) is 20.6. The van der Waals surface area contributed by atoms with Crippen molar-refractivity contribution in [1.82, 2.24) is 0 Å². The molecule has 0 amide bonds. The van der Waals surface area contributed by atoms with E-state index in [1.54, 1.807) is 12.1 Å². The van der Waals surface area contributed by atoms with Gasteiger partial charge in [0.1, 0.15) is 22.3 Å². The monoisotopic (exact) mass is 545 g/mol. The van der Waals surface area contributed by atoms with Gasteiger partial charge in [-0.15, -0.1) is 0 Å². The number of fused-ring (bicyclic) bond motifs is 6. The molecule has 200 valence electrons. The van der Waals surface area contributed by atoms with Gasteiger partial charge in [0.05, 0.1) is 0 Å². The van der Waals surface area contributed by atoms with Crippen LogP contribution in [0.5, 0.6) is 0 Å². The Morgan fingerprint density at radius 1 is 0.429 bits per heavy atom. The Bertz CT molecular complexity index is 2130. The van der Waals surface area contributed by atoms with Gasteiger partial charge in [-0.1, -0.05) is 72.8 Å². The molecule has 8 rings (SSSR count). The minimum Gasteiger partial charge on any atom is -0.456 e. The van der Waals surface area contributed by atoms with Gasteiger partial charge in [0.15, 0.2) is 0 Å². The van der Waals surface area contributed by atoms with Crippen molar-refractivity contribution >= 4 is 73.5 Å². The Hall–Kier alpha value is -5.30. The number of hydrogen-bond donors (Lipinski definition) is 2. The van der Waals surface area contributed by atoms with Crippen molar-refractivity contribution < 1.29 is 18.9 Å². The molecule has 2 N–H and O–H groups in total. The third-order valence-electron chi connectivity index (χ3n) is 7.88. The number of para-hydroxylation sites is 2. The lowest BCUT2D eigenvalue weighted by molar-refractivity contribution is 0.426. The molecular weight excluding hydrogens is 521 g/mol. The van der Waals surface area contributed by atoms with Crippen molar-refractivity contribution in [3.8, 4) is 11.1 Å². The first-order valence-corrected chi connectivity index (χ1v) is 13.8. The molecule has 0 radical (unpaired) electrons. The van der Waals surface area contributed by atoms with E-state index in [9.17, 15) is 10.0 Å². The Morgan fingerprint density at radius 2 is 0.952 bits per heavy atom. The third-order valence-corrected chi connectivity index (χ3v) is 7.88. The third kappa shape index (κ3) is 4.05. The lowest BCUT2D eigenvalue weighted by atomic mass is 9.79. The largest absolute Gasteiger partial charge is 0.488 e. The van der Waals surface area contributed by atoms with Crippen LogP contribution in [0.1, 0.15) is 0 Å². The van der Waals surface area contributed by atoms with Crippen LogP contribution < -0.4 is 10.4 Å². The Kier molecular flexibility index (Phi) is 5.64. The summed E-state index contributed by atoms with van der Waals surface area (Å²) in [4.78, 5) is 2.19. The van der Waals surface area contributed by atoms with Crippen LogP contribution in [0, 0.1) is 0 Å². The first-order valence-electron chi connectivity index (χ1n) is 13.8. The number of nitrogens with zero attached hydrogens (tertiary/aromatic N) is 1. The molecule has 2 heterocycles. The van der Waals surface area contributed by atoms with Gasteiger partial charge in [-0.05, 0) is 65.1 Å². The van der Waals surface area contributed by atoms with Crippen LogP contribution in [0.25, 0.3) is 55.0 Å². The zero-order chi connectivity index (χ0) is 28.2. The van der Waals surface area contributed by atoms with Crippen LogP contribution in [0.15, 0.2) is 142 Å². The van der Waals surface area contributed by atoms with Crippen molar-refractivity contribution in [3.63, 3.8) is 0 Å². The van der Waals surface area contributed by atoms with Crippen molar-refractivity contribution in [2.45, 2.75) is 0 Å². The van der Waals surface area contributed by atoms with Crippen LogP contribution in [0.2, 0.25) is 0 Å². The highest BCUT2D eigenvalue weighted by Crippen LogP contribution is 2.41. The molecule has 0 unspecified atom stereocenters. The minimum absolute atomic E-state index is 0.455. The molecule has 0 bridgehead atoms. The molecule has 42 heavy (non-hydrogen) atoms. The van der Waals surface area contributed by atoms with Crippen molar-refractivity contribution in [3.05, 3.63) is 133 Å². The highest BCUT2D eigenvalue weighted by Gasteiger charge is 2.18. The molecule has 0 saturated heterocycles. The molecule has 0 atom stereocenters. The van der Waals surface area contributed by atoms with Crippen molar-refractivity contribution in [2.75, 3.05) is 4.90 Å². The second-order valence-corrected chi connectivity index (χ2v) is 10.4. The van der Waals surface area contributed by atoms with E-state index in [1.165, 1.54) is 0 Å². The van der Waals surface area contributed by atoms with Crippen molar-refractivity contribution in [1.29, 1.82) is 0 Å². The van der Waals surface area contributed by atoms with Gasteiger partial charge in [-0.25, -0.2) is 0 Å². The van der Waals surface area contributed by atoms with Crippen LogP contribution in [-0.2, 0) is 0 Å². The number of benzene rings is 6. The summed E-state index contributed by atoms with van der Waals surface area (Å²) in [5, 5.41) is 23.6. The molecule has 8 aromatic rings. The zero-order valence-electron chi connectivity index (χ0n) is 22.4. The average molecular weight is 545 g/mol. The van der Waals surface area contributed by atoms with Crippen LogP contribution in [-0.4, -0.2) is 17.2 Å². The number of rotatable bonds is 5. The lowest BCUT2D eigenvalue weighted by Crippen LogP contribution is -2.29. The maximum Gasteiger partial charge on any atom is 0.488 e. The van der Waals surface area contributed by atoms with Crippen LogP contribution in [0.4, 0.5) is 17.1 Å². The number of furan rings is 2. The molecule has 0 aliphatic heterocycles. The molecule has 0 fully saturated rings. The normalized spacial score (nSPS) is 11.6. The van der Waals surface area contributed by atoms with Crippen LogP contribution >= 0.6 is 0 Å². The van der Waals surface area contributed by atoms with Gasteiger partial charge in [-0.2, -0.15) is 0 Å². The summed E-state index contributed by atoms with van der Waals surface area (Å²) in [6.07, 6.45) is 0. The van der Waals surface area contributed by atoms with Crippen molar-refractivity contribution in [2.24, 2.45) is 0 Å². The molecule has 6 aromatic carbocycles. The molecular formula is C36H24BNO4. The van der Waals surface area contributed by atoms with E-state index in [0.717, 1.165) is 72.1 Å². The maximum atomic E-state index is 9.64. The fraction of sp³-hybridized carbons (Fsp3) is 0. The smallest absolute Gasteiger partial charge is 0.456 e. The summed E-state index contributed by atoms with van der Waals surface area (Å²) in [6.45, 7) is 0. The topological polar surface area (TPSA) is 70.0 Å². The summed E-state index contributed by atoms with van der Waals surface area (Å²) in [5.74, 6) is 0. The summed E-state index contributed by atoms with van der Waals surface area (Å²) in [7, 11) is -1.51. The fourth-order valence-electron chi connectivity index (χ4n) is 5.84. The standard InChI is InChI=1S/C36H24BNO4/c39-37(40)25-7-5-6-24(20-25)23-12-14-26(15-13-23)38(27-16-18-31-29-8-1-3-10-33(29)41-35(31)21-27)28-17-19-32-30-9-2-4-11-34(30)42-36(32)22-28/h1-22,39-40H. The van der Waals surface area contributed by atoms with E-state index in [2.05, 4.69) is 65.6 Å². The van der Waals surface area contributed by atoms with E-state index < -0.39 is 7.12 Å². The summed E-state index contributed by atoms with van der Waals surface area (Å²) in [6, 6.07) is 44.3. The van der Waals surface area contributed by atoms with Gasteiger partial charge in [-0.3, -0.25) is 0 Å². The van der Waals surface area contributed by atoms with E-state index in [0.29, 0.717) is 5.46 Å². The lowest BCUT2D eigenvalue weighted by Gasteiger charge is -2.25. The van der Waals surface area contributed by atoms with Gasteiger partial charge in [0.2, 0.25) is 0 Å². The first kappa shape index (κ1) is 24.5. The fourth-order valence-corrected chi connectivity index (χ4v) is 5.84. The zero-order valence-corrected chi connectivity index (χ0v) is 22.4. The SMILES string of the molecule is OB(O)c1cccc(-c2ccc(N(c3ccc4c(c3)oc3ccccc34)c3ccc4c(c3)oc3ccccc34)cc2)c1. The summed E-state index contributed by atoms with van der Waals surface area (Å²) in [5.41, 5.74) is 8.57. The molecule has 2 aromatic heterocycles. The molecule has 6 heteroatoms. The number of anilines is 3. The number of hydrogen-bond acceptors (Lipinski definition) is 5. The highest BCUT2D eigenvalue weighted by atomic mass is 16.4. The summed E-state index contributed by atoms with van der Waals surface area (Å²) < 4.78 is 12.5. The predicted octanol–water partition coefficient (Wildman–Crippen LogP) is 8.30. The highest BCUT2D eigenvalue weighted by molar-refractivity contribution is 6.58. The predicted molar refractivity (Wildman–Crippen MR) is 171 cm³/mol. The van der Waals surface area contributed by atoms with E-state index in [4.69, 9.17) is 8.83 Å². The van der Waals surface area contributed by atoms with Gasteiger partial charge in [0.25, 0.3) is 0 Å². The summed E-state index contributed by atoms with van der Waals surface area (Å²) >= 11 is 0. The molecule has 0 aliphatic carbocycles. The van der Waals surface area contributed by atoms with E-state index >= 15 is 0 Å². The maximum absolute atomic E-state index is 9.64. The van der Waals surface area contributed by atoms with Crippen LogP contribution in [0.3, 0.4) is 0 Å². The second-order valence-electron chi connectivity index (χ2n) is 10.4. The molecule has 0 spiro atoms. The molecule has 0 saturated carbocycles. The van der Waals surface area contributed by atoms with Gasteiger partial charge >= 0.3 is 7.12 Å². The molecule has 0 aliphatic rings. The Balaban J connectivity index is 1.28. The van der Waals surface area contributed by atoms with E-state index in [-0.39, 0.29) is 0 Å². The second kappa shape index (κ2) is 9.66. The molecule has 5 nitrogen and oxygen atoms in total. The average Bonchev–Trinajstić information content (AvgIpc) is 3.59. The van der Waals surface area contributed by atoms with Gasteiger partial charge in [0, 0.05) is 50.7 Å². The Morgan fingerprint density at radius 3 is 1.52 bits per heavy atom. The van der Waals surface area contributed by atoms with Gasteiger partial charge < -0.3 is 23.8 Å². The minimum atomic E-state index is -1.51. The quantitative estimate of drug-likeness (QED) is 0.213. The van der Waals surface area contributed by atoms with E-state index in [1.807, 2.05) is 60.7 Å². The Labute approximate surface area is 241 Å².